The van der Waals surface area contributed by atoms with Crippen molar-refractivity contribution in [3.63, 3.8) is 0 Å². The Kier molecular flexibility index (Phi) is 2.52. The van der Waals surface area contributed by atoms with Gasteiger partial charge in [0, 0.05) is 13.0 Å². The topological polar surface area (TPSA) is 12.5 Å². The molecule has 0 bridgehead atoms. The first-order valence-electron chi connectivity index (χ1n) is 5.29. The minimum absolute atomic E-state index is 0.0139. The summed E-state index contributed by atoms with van der Waals surface area (Å²) in [4.78, 5) is 1.92. The van der Waals surface area contributed by atoms with E-state index in [-0.39, 0.29) is 18.5 Å². The van der Waals surface area contributed by atoms with Crippen LogP contribution in [0.4, 0.5) is 8.78 Å². The van der Waals surface area contributed by atoms with Crippen molar-refractivity contribution in [1.82, 2.24) is 4.90 Å². The predicted molar refractivity (Wildman–Crippen MR) is 49.6 cm³/mol. The van der Waals surface area contributed by atoms with Crippen LogP contribution in [0.3, 0.4) is 0 Å². The number of nitrogens with zero attached hydrogens (tertiary/aromatic N) is 1. The minimum Gasteiger partial charge on any atom is -0.380 e. The Balaban J connectivity index is 2.07. The number of alkyl halides is 2. The van der Waals surface area contributed by atoms with E-state index in [4.69, 9.17) is 4.74 Å². The lowest BCUT2D eigenvalue weighted by molar-refractivity contribution is 0.00376. The van der Waals surface area contributed by atoms with Gasteiger partial charge in [-0.15, -0.1) is 0 Å². The van der Waals surface area contributed by atoms with Gasteiger partial charge in [-0.2, -0.15) is 0 Å². The fourth-order valence-corrected chi connectivity index (χ4v) is 2.76. The zero-order chi connectivity index (χ0) is 10.2. The van der Waals surface area contributed by atoms with Crippen molar-refractivity contribution in [3.05, 3.63) is 0 Å². The van der Waals surface area contributed by atoms with Crippen molar-refractivity contribution in [1.29, 1.82) is 0 Å². The van der Waals surface area contributed by atoms with Crippen LogP contribution in [0.1, 0.15) is 26.2 Å². The van der Waals surface area contributed by atoms with E-state index in [1.165, 1.54) is 0 Å². The number of halogens is 2. The van der Waals surface area contributed by atoms with Gasteiger partial charge in [0.25, 0.3) is 5.92 Å². The molecule has 0 radical (unpaired) electrons. The second-order valence-electron chi connectivity index (χ2n) is 4.42. The molecule has 2 aliphatic heterocycles. The van der Waals surface area contributed by atoms with Gasteiger partial charge in [-0.3, -0.25) is 4.90 Å². The van der Waals surface area contributed by atoms with Gasteiger partial charge in [0.15, 0.2) is 0 Å². The van der Waals surface area contributed by atoms with E-state index >= 15 is 0 Å². The summed E-state index contributed by atoms with van der Waals surface area (Å²) in [6, 6.07) is 0. The van der Waals surface area contributed by atoms with Crippen LogP contribution >= 0.6 is 0 Å². The van der Waals surface area contributed by atoms with E-state index in [0.29, 0.717) is 13.2 Å². The maximum absolute atomic E-state index is 13.2. The average Bonchev–Trinajstić information content (AvgIpc) is 2.53. The Morgan fingerprint density at radius 3 is 2.93 bits per heavy atom. The highest BCUT2D eigenvalue weighted by Gasteiger charge is 2.56. The summed E-state index contributed by atoms with van der Waals surface area (Å²) < 4.78 is 31.8. The van der Waals surface area contributed by atoms with Gasteiger partial charge >= 0.3 is 0 Å². The highest BCUT2D eigenvalue weighted by molar-refractivity contribution is 5.06. The molecule has 0 N–H and O–H groups in total. The number of hydrogen-bond acceptors (Lipinski definition) is 2. The SMILES string of the molecule is CCOCC12CCCN1CC(F)(F)C2. The van der Waals surface area contributed by atoms with Gasteiger partial charge in [-0.05, 0) is 26.3 Å². The first kappa shape index (κ1) is 10.3. The molecule has 0 aromatic carbocycles. The molecule has 0 aromatic rings. The minimum atomic E-state index is -2.50. The third kappa shape index (κ3) is 1.65. The van der Waals surface area contributed by atoms with Crippen LogP contribution in [0.5, 0.6) is 0 Å². The van der Waals surface area contributed by atoms with E-state index in [2.05, 4.69) is 0 Å². The number of ether oxygens (including phenoxy) is 1. The number of fused-ring (bicyclic) bond motifs is 1. The van der Waals surface area contributed by atoms with Gasteiger partial charge in [-0.1, -0.05) is 0 Å². The molecule has 2 nitrogen and oxygen atoms in total. The summed E-state index contributed by atoms with van der Waals surface area (Å²) in [7, 11) is 0. The van der Waals surface area contributed by atoms with Crippen molar-refractivity contribution in [2.45, 2.75) is 37.6 Å². The standard InChI is InChI=1S/C10H17F2NO/c1-2-14-8-9-4-3-5-13(9)7-10(11,12)6-9/h2-8H2,1H3. The van der Waals surface area contributed by atoms with Gasteiger partial charge < -0.3 is 4.74 Å². The smallest absolute Gasteiger partial charge is 0.262 e. The predicted octanol–water partition coefficient (Wildman–Crippen LogP) is 1.90. The van der Waals surface area contributed by atoms with Crippen molar-refractivity contribution >= 4 is 0 Å². The third-order valence-electron chi connectivity index (χ3n) is 3.33. The van der Waals surface area contributed by atoms with E-state index in [1.54, 1.807) is 0 Å². The van der Waals surface area contributed by atoms with E-state index < -0.39 is 5.92 Å². The molecule has 0 aromatic heterocycles. The van der Waals surface area contributed by atoms with Crippen LogP contribution < -0.4 is 0 Å². The maximum Gasteiger partial charge on any atom is 0.262 e. The van der Waals surface area contributed by atoms with Gasteiger partial charge in [-0.25, -0.2) is 8.78 Å². The van der Waals surface area contributed by atoms with Crippen LogP contribution in [-0.4, -0.2) is 42.7 Å². The van der Waals surface area contributed by atoms with Crippen LogP contribution in [0.15, 0.2) is 0 Å². The normalized spacial score (nSPS) is 36.2. The Bertz CT molecular complexity index is 222. The Morgan fingerprint density at radius 1 is 1.43 bits per heavy atom. The summed E-state index contributed by atoms with van der Waals surface area (Å²) in [5, 5.41) is 0. The second-order valence-corrected chi connectivity index (χ2v) is 4.42. The first-order valence-corrected chi connectivity index (χ1v) is 5.29. The van der Waals surface area contributed by atoms with E-state index in [9.17, 15) is 8.78 Å². The molecule has 14 heavy (non-hydrogen) atoms. The lowest BCUT2D eigenvalue weighted by Crippen LogP contribution is -2.42. The number of hydrogen-bond donors (Lipinski definition) is 0. The zero-order valence-corrected chi connectivity index (χ0v) is 8.56. The molecule has 0 saturated carbocycles. The van der Waals surface area contributed by atoms with Gasteiger partial charge in [0.1, 0.15) is 0 Å². The van der Waals surface area contributed by atoms with Crippen molar-refractivity contribution in [3.8, 4) is 0 Å². The maximum atomic E-state index is 13.2. The van der Waals surface area contributed by atoms with Crippen molar-refractivity contribution in [2.24, 2.45) is 0 Å². The zero-order valence-electron chi connectivity index (χ0n) is 8.56. The molecule has 4 heteroatoms. The molecular formula is C10H17F2NO. The first-order chi connectivity index (χ1) is 6.58. The third-order valence-corrected chi connectivity index (χ3v) is 3.33. The summed E-state index contributed by atoms with van der Waals surface area (Å²) in [5.41, 5.74) is -0.348. The molecular weight excluding hydrogens is 188 g/mol. The average molecular weight is 205 g/mol. The summed E-state index contributed by atoms with van der Waals surface area (Å²) >= 11 is 0. The monoisotopic (exact) mass is 205 g/mol. The summed E-state index contributed by atoms with van der Waals surface area (Å²) in [6.45, 7) is 3.73. The summed E-state index contributed by atoms with van der Waals surface area (Å²) in [6.07, 6.45) is 1.88. The molecule has 2 rings (SSSR count). The highest BCUT2D eigenvalue weighted by Crippen LogP contribution is 2.45. The second kappa shape index (κ2) is 3.42. The molecule has 2 heterocycles. The molecule has 0 amide bonds. The Labute approximate surface area is 83.2 Å². The molecule has 1 atom stereocenters. The fourth-order valence-electron chi connectivity index (χ4n) is 2.76. The molecule has 2 aliphatic rings. The van der Waals surface area contributed by atoms with Crippen LogP contribution in [0.2, 0.25) is 0 Å². The molecule has 1 unspecified atom stereocenters. The van der Waals surface area contributed by atoms with Crippen molar-refractivity contribution < 1.29 is 13.5 Å². The summed E-state index contributed by atoms with van der Waals surface area (Å²) in [5.74, 6) is -2.50. The van der Waals surface area contributed by atoms with Crippen LogP contribution in [0.25, 0.3) is 0 Å². The van der Waals surface area contributed by atoms with Crippen LogP contribution in [-0.2, 0) is 4.74 Å². The molecule has 0 aliphatic carbocycles. The molecule has 2 saturated heterocycles. The van der Waals surface area contributed by atoms with E-state index in [1.807, 2.05) is 11.8 Å². The molecule has 82 valence electrons. The van der Waals surface area contributed by atoms with Crippen LogP contribution in [0, 0.1) is 0 Å². The Morgan fingerprint density at radius 2 is 2.21 bits per heavy atom. The Hall–Kier alpha value is -0.220. The largest absolute Gasteiger partial charge is 0.380 e. The lowest BCUT2D eigenvalue weighted by atomic mass is 9.94. The van der Waals surface area contributed by atoms with E-state index in [0.717, 1.165) is 19.4 Å². The number of rotatable bonds is 3. The quantitative estimate of drug-likeness (QED) is 0.697. The van der Waals surface area contributed by atoms with Gasteiger partial charge in [0.2, 0.25) is 0 Å². The highest BCUT2D eigenvalue weighted by atomic mass is 19.3. The van der Waals surface area contributed by atoms with Gasteiger partial charge in [0.05, 0.1) is 18.7 Å². The van der Waals surface area contributed by atoms with Crippen molar-refractivity contribution in [2.75, 3.05) is 26.3 Å². The molecule has 0 spiro atoms. The fraction of sp³-hybridized carbons (Fsp3) is 1.00. The lowest BCUT2D eigenvalue weighted by Gasteiger charge is -2.30. The molecule has 2 fully saturated rings.